The summed E-state index contributed by atoms with van der Waals surface area (Å²) in [4.78, 5) is 0. The number of phenolic OH excluding ortho intramolecular Hbond substituents is 1. The summed E-state index contributed by atoms with van der Waals surface area (Å²) in [5, 5.41) is 18.4. The molecule has 1 N–H and O–H groups in total. The Kier molecular flexibility index (Phi) is 3.84. The topological polar surface area (TPSA) is 53.2 Å². The number of nitrogens with zero attached hydrogens (tertiary/aromatic N) is 1. The lowest BCUT2D eigenvalue weighted by molar-refractivity contribution is 0.415. The molecule has 0 saturated carbocycles. The van der Waals surface area contributed by atoms with Gasteiger partial charge in [-0.05, 0) is 53.6 Å². The smallest absolute Gasteiger partial charge is 0.118 e. The summed E-state index contributed by atoms with van der Waals surface area (Å²) in [6, 6.07) is 16.2. The van der Waals surface area contributed by atoms with Crippen molar-refractivity contribution in [2.75, 3.05) is 7.11 Å². The van der Waals surface area contributed by atoms with Crippen LogP contribution in [-0.2, 0) is 0 Å². The van der Waals surface area contributed by atoms with Crippen molar-refractivity contribution in [1.29, 1.82) is 5.26 Å². The normalized spacial score (nSPS) is 10.8. The van der Waals surface area contributed by atoms with Crippen molar-refractivity contribution >= 4 is 11.6 Å². The summed E-state index contributed by atoms with van der Waals surface area (Å²) in [5.41, 5.74) is 2.24. The molecule has 0 amide bonds. The van der Waals surface area contributed by atoms with E-state index in [9.17, 15) is 10.4 Å². The summed E-state index contributed by atoms with van der Waals surface area (Å²) in [5.74, 6) is 0.964. The van der Waals surface area contributed by atoms with Crippen LogP contribution in [0.2, 0.25) is 0 Å². The van der Waals surface area contributed by atoms with Crippen LogP contribution in [0.4, 0.5) is 0 Å². The van der Waals surface area contributed by atoms with E-state index in [1.165, 1.54) is 0 Å². The number of ether oxygens (including phenoxy) is 1. The van der Waals surface area contributed by atoms with Gasteiger partial charge in [-0.15, -0.1) is 0 Å². The first-order valence-corrected chi connectivity index (χ1v) is 5.78. The Morgan fingerprint density at radius 2 is 1.74 bits per heavy atom. The van der Waals surface area contributed by atoms with Crippen molar-refractivity contribution in [2.45, 2.75) is 0 Å². The number of benzene rings is 2. The SMILES string of the molecule is COc1ccc(/C=C(\C#N)c2ccc(O)cc2)cc1. The fourth-order valence-corrected chi connectivity index (χ4v) is 1.69. The second-order valence-electron chi connectivity index (χ2n) is 3.99. The van der Waals surface area contributed by atoms with Gasteiger partial charge in [0.15, 0.2) is 0 Å². The van der Waals surface area contributed by atoms with Gasteiger partial charge in [0, 0.05) is 0 Å². The average Bonchev–Trinajstić information content (AvgIpc) is 2.46. The minimum absolute atomic E-state index is 0.186. The van der Waals surface area contributed by atoms with Gasteiger partial charge in [0.25, 0.3) is 0 Å². The quantitative estimate of drug-likeness (QED) is 0.671. The van der Waals surface area contributed by atoms with Crippen molar-refractivity contribution in [3.63, 3.8) is 0 Å². The molecule has 0 saturated heterocycles. The zero-order chi connectivity index (χ0) is 13.7. The van der Waals surface area contributed by atoms with Crippen molar-refractivity contribution < 1.29 is 9.84 Å². The van der Waals surface area contributed by atoms with Gasteiger partial charge in [0.05, 0.1) is 18.8 Å². The maximum Gasteiger partial charge on any atom is 0.118 e. The maximum atomic E-state index is 9.24. The van der Waals surface area contributed by atoms with E-state index in [0.717, 1.165) is 16.9 Å². The molecule has 94 valence electrons. The Balaban J connectivity index is 2.33. The molecule has 0 spiro atoms. The molecule has 19 heavy (non-hydrogen) atoms. The Labute approximate surface area is 112 Å². The minimum atomic E-state index is 0.186. The fraction of sp³-hybridized carbons (Fsp3) is 0.0625. The van der Waals surface area contributed by atoms with Crippen molar-refractivity contribution in [3.8, 4) is 17.6 Å². The Morgan fingerprint density at radius 3 is 2.26 bits per heavy atom. The number of nitriles is 1. The second kappa shape index (κ2) is 5.74. The van der Waals surface area contributed by atoms with E-state index in [1.807, 2.05) is 24.3 Å². The molecule has 2 rings (SSSR count). The van der Waals surface area contributed by atoms with Gasteiger partial charge in [-0.1, -0.05) is 12.1 Å². The lowest BCUT2D eigenvalue weighted by Crippen LogP contribution is -1.83. The summed E-state index contributed by atoms with van der Waals surface area (Å²) in [7, 11) is 1.61. The number of phenols is 1. The molecular formula is C16H13NO2. The van der Waals surface area contributed by atoms with Crippen LogP contribution in [0.5, 0.6) is 11.5 Å². The highest BCUT2D eigenvalue weighted by atomic mass is 16.5. The Hall–Kier alpha value is -2.73. The molecule has 0 bridgehead atoms. The highest BCUT2D eigenvalue weighted by Gasteiger charge is 2.01. The van der Waals surface area contributed by atoms with Crippen LogP contribution in [0.3, 0.4) is 0 Å². The van der Waals surface area contributed by atoms with E-state index in [1.54, 1.807) is 37.5 Å². The molecule has 0 unspecified atom stereocenters. The third-order valence-electron chi connectivity index (χ3n) is 2.73. The van der Waals surface area contributed by atoms with Crippen LogP contribution >= 0.6 is 0 Å². The molecule has 3 heteroatoms. The maximum absolute atomic E-state index is 9.24. The van der Waals surface area contributed by atoms with Gasteiger partial charge >= 0.3 is 0 Å². The van der Waals surface area contributed by atoms with Gasteiger partial charge in [0.2, 0.25) is 0 Å². The summed E-state index contributed by atoms with van der Waals surface area (Å²) < 4.78 is 5.08. The largest absolute Gasteiger partial charge is 0.508 e. The Bertz CT molecular complexity index is 619. The van der Waals surface area contributed by atoms with Crippen molar-refractivity contribution in [1.82, 2.24) is 0 Å². The van der Waals surface area contributed by atoms with Crippen LogP contribution in [0.15, 0.2) is 48.5 Å². The van der Waals surface area contributed by atoms with Gasteiger partial charge < -0.3 is 9.84 Å². The van der Waals surface area contributed by atoms with Gasteiger partial charge in [-0.3, -0.25) is 0 Å². The zero-order valence-corrected chi connectivity index (χ0v) is 10.5. The van der Waals surface area contributed by atoms with Gasteiger partial charge in [0.1, 0.15) is 11.5 Å². The number of methoxy groups -OCH3 is 1. The van der Waals surface area contributed by atoms with E-state index in [0.29, 0.717) is 5.57 Å². The predicted molar refractivity (Wildman–Crippen MR) is 74.6 cm³/mol. The number of allylic oxidation sites excluding steroid dienone is 1. The summed E-state index contributed by atoms with van der Waals surface area (Å²) in [6.07, 6.45) is 1.80. The van der Waals surface area contributed by atoms with Crippen LogP contribution < -0.4 is 4.74 Å². The van der Waals surface area contributed by atoms with Gasteiger partial charge in [-0.25, -0.2) is 0 Å². The Morgan fingerprint density at radius 1 is 1.11 bits per heavy atom. The zero-order valence-electron chi connectivity index (χ0n) is 10.5. The average molecular weight is 251 g/mol. The number of aromatic hydroxyl groups is 1. The van der Waals surface area contributed by atoms with E-state index in [2.05, 4.69) is 6.07 Å². The molecule has 0 radical (unpaired) electrons. The minimum Gasteiger partial charge on any atom is -0.508 e. The second-order valence-corrected chi connectivity index (χ2v) is 3.99. The van der Waals surface area contributed by atoms with E-state index in [-0.39, 0.29) is 5.75 Å². The standard InChI is InChI=1S/C16H13NO2/c1-19-16-8-2-12(3-9-16)10-14(11-17)13-4-6-15(18)7-5-13/h2-10,18H,1H3/b14-10+. The van der Waals surface area contributed by atoms with E-state index in [4.69, 9.17) is 4.74 Å². The lowest BCUT2D eigenvalue weighted by atomic mass is 10.0. The molecular weight excluding hydrogens is 238 g/mol. The molecule has 0 aliphatic rings. The van der Waals surface area contributed by atoms with Gasteiger partial charge in [-0.2, -0.15) is 5.26 Å². The predicted octanol–water partition coefficient (Wildman–Crippen LogP) is 3.46. The molecule has 2 aromatic rings. The summed E-state index contributed by atoms with van der Waals surface area (Å²) >= 11 is 0. The van der Waals surface area contributed by atoms with Crippen molar-refractivity contribution in [3.05, 3.63) is 59.7 Å². The lowest BCUT2D eigenvalue weighted by Gasteiger charge is -2.02. The van der Waals surface area contributed by atoms with Crippen LogP contribution in [0, 0.1) is 11.3 Å². The molecule has 0 aliphatic heterocycles. The van der Waals surface area contributed by atoms with Crippen LogP contribution in [0.1, 0.15) is 11.1 Å². The van der Waals surface area contributed by atoms with E-state index >= 15 is 0 Å². The van der Waals surface area contributed by atoms with Crippen LogP contribution in [0.25, 0.3) is 11.6 Å². The monoisotopic (exact) mass is 251 g/mol. The van der Waals surface area contributed by atoms with Crippen LogP contribution in [-0.4, -0.2) is 12.2 Å². The molecule has 0 aliphatic carbocycles. The van der Waals surface area contributed by atoms with E-state index < -0.39 is 0 Å². The molecule has 0 heterocycles. The third kappa shape index (κ3) is 3.14. The van der Waals surface area contributed by atoms with Crippen molar-refractivity contribution in [2.24, 2.45) is 0 Å². The molecule has 0 fully saturated rings. The summed E-state index contributed by atoms with van der Waals surface area (Å²) in [6.45, 7) is 0. The highest BCUT2D eigenvalue weighted by molar-refractivity contribution is 5.89. The molecule has 0 atom stereocenters. The first-order chi connectivity index (χ1) is 9.22. The number of hydrogen-bond donors (Lipinski definition) is 1. The molecule has 3 nitrogen and oxygen atoms in total. The number of hydrogen-bond acceptors (Lipinski definition) is 3. The third-order valence-corrected chi connectivity index (χ3v) is 2.73. The number of rotatable bonds is 3. The highest BCUT2D eigenvalue weighted by Crippen LogP contribution is 2.21. The fourth-order valence-electron chi connectivity index (χ4n) is 1.69. The molecule has 0 aromatic heterocycles. The first kappa shape index (κ1) is 12.7. The molecule has 2 aromatic carbocycles. The first-order valence-electron chi connectivity index (χ1n) is 5.78.